The largest absolute Gasteiger partial charge is 0.493 e. The zero-order valence-corrected chi connectivity index (χ0v) is 22.2. The zero-order chi connectivity index (χ0) is 27.9. The number of rotatable bonds is 9. The molecule has 1 aliphatic heterocycles. The third-order valence-corrected chi connectivity index (χ3v) is 6.72. The van der Waals surface area contributed by atoms with Crippen LogP contribution in [0.2, 0.25) is 0 Å². The maximum Gasteiger partial charge on any atom is 0.331 e. The van der Waals surface area contributed by atoms with E-state index in [9.17, 15) is 18.8 Å². The molecule has 1 aromatic heterocycles. The number of benzene rings is 1. The van der Waals surface area contributed by atoms with Gasteiger partial charge in [-0.05, 0) is 49.8 Å². The highest BCUT2D eigenvalue weighted by Crippen LogP contribution is 2.32. The number of nitrogens with zero attached hydrogens (tertiary/aromatic N) is 1. The Bertz CT molecular complexity index is 1170. The molecular formula is C28H33FN2O8. The van der Waals surface area contributed by atoms with Crippen LogP contribution in [0.3, 0.4) is 0 Å². The van der Waals surface area contributed by atoms with Crippen molar-refractivity contribution in [1.82, 2.24) is 10.3 Å². The third kappa shape index (κ3) is 7.73. The minimum atomic E-state index is -1.16. The molecule has 1 N–H and O–H groups in total. The first-order chi connectivity index (χ1) is 18.7. The molecule has 0 spiro atoms. The summed E-state index contributed by atoms with van der Waals surface area (Å²) < 4.78 is 41.7. The summed E-state index contributed by atoms with van der Waals surface area (Å²) in [5.41, 5.74) is 0.639. The zero-order valence-electron chi connectivity index (χ0n) is 22.2. The standard InChI is InChI=1S/C28H33FN2O8/c1-16-21(12-18-6-8-20(29)9-7-18)24(37-13-19-4-5-19)15-36-14-22(28(34)38-16)31-27(33)25-26(39-17(2)32)23(35-3)10-11-30-25/h6-11,16,19,21-22,24H,4-5,12-15H2,1-3H3,(H,31,33). The molecule has 2 heterocycles. The molecule has 10 nitrogen and oxygen atoms in total. The van der Waals surface area contributed by atoms with Crippen LogP contribution in [0.15, 0.2) is 36.5 Å². The number of pyridine rings is 1. The first-order valence-corrected chi connectivity index (χ1v) is 12.9. The second-order valence-corrected chi connectivity index (χ2v) is 9.80. The number of hydrogen-bond donors (Lipinski definition) is 1. The smallest absolute Gasteiger partial charge is 0.331 e. The van der Waals surface area contributed by atoms with Crippen molar-refractivity contribution < 1.29 is 42.5 Å². The first kappa shape index (κ1) is 28.4. The molecule has 1 saturated carbocycles. The predicted octanol–water partition coefficient (Wildman–Crippen LogP) is 2.87. The lowest BCUT2D eigenvalue weighted by Crippen LogP contribution is -2.46. The predicted molar refractivity (Wildman–Crippen MR) is 136 cm³/mol. The second-order valence-electron chi connectivity index (χ2n) is 9.80. The topological polar surface area (TPSA) is 122 Å². The Hall–Kier alpha value is -3.57. The molecule has 1 amide bonds. The minimum Gasteiger partial charge on any atom is -0.493 e. The van der Waals surface area contributed by atoms with Crippen molar-refractivity contribution in [2.75, 3.05) is 26.9 Å². The van der Waals surface area contributed by atoms with Crippen LogP contribution in [0.1, 0.15) is 42.7 Å². The molecule has 1 aromatic carbocycles. The lowest BCUT2D eigenvalue weighted by molar-refractivity contribution is -0.155. The van der Waals surface area contributed by atoms with E-state index in [-0.39, 0.29) is 48.2 Å². The van der Waals surface area contributed by atoms with E-state index in [2.05, 4.69) is 10.3 Å². The Labute approximate surface area is 226 Å². The molecular weight excluding hydrogens is 511 g/mol. The fourth-order valence-electron chi connectivity index (χ4n) is 4.38. The number of carbonyl (C=O) groups is 3. The summed E-state index contributed by atoms with van der Waals surface area (Å²) in [6.07, 6.45) is 3.04. The van der Waals surface area contributed by atoms with Gasteiger partial charge in [-0.2, -0.15) is 0 Å². The van der Waals surface area contributed by atoms with Gasteiger partial charge in [-0.25, -0.2) is 14.2 Å². The molecule has 2 aliphatic rings. The highest BCUT2D eigenvalue weighted by atomic mass is 19.1. The van der Waals surface area contributed by atoms with Gasteiger partial charge in [0.05, 0.1) is 26.4 Å². The number of carbonyl (C=O) groups excluding carboxylic acids is 3. The highest BCUT2D eigenvalue weighted by molar-refractivity contribution is 5.98. The highest BCUT2D eigenvalue weighted by Gasteiger charge is 2.37. The van der Waals surface area contributed by atoms with Crippen molar-refractivity contribution in [2.24, 2.45) is 11.8 Å². The van der Waals surface area contributed by atoms with Gasteiger partial charge in [0, 0.05) is 31.7 Å². The Morgan fingerprint density at radius 1 is 1.15 bits per heavy atom. The van der Waals surface area contributed by atoms with Gasteiger partial charge in [-0.3, -0.25) is 9.59 Å². The van der Waals surface area contributed by atoms with Crippen molar-refractivity contribution in [3.8, 4) is 11.5 Å². The van der Waals surface area contributed by atoms with Crippen LogP contribution in [0.5, 0.6) is 11.5 Å². The maximum absolute atomic E-state index is 13.5. The number of esters is 2. The van der Waals surface area contributed by atoms with Crippen molar-refractivity contribution in [3.63, 3.8) is 0 Å². The van der Waals surface area contributed by atoms with Crippen LogP contribution < -0.4 is 14.8 Å². The van der Waals surface area contributed by atoms with Gasteiger partial charge < -0.3 is 29.0 Å². The van der Waals surface area contributed by atoms with Crippen LogP contribution >= 0.6 is 0 Å². The molecule has 4 rings (SSSR count). The second kappa shape index (κ2) is 13.0. The molecule has 4 atom stereocenters. The lowest BCUT2D eigenvalue weighted by Gasteiger charge is -2.31. The molecule has 1 saturated heterocycles. The Balaban J connectivity index is 1.51. The van der Waals surface area contributed by atoms with E-state index >= 15 is 0 Å². The van der Waals surface area contributed by atoms with Gasteiger partial charge >= 0.3 is 11.9 Å². The normalized spacial score (nSPS) is 23.5. The average molecular weight is 545 g/mol. The van der Waals surface area contributed by atoms with E-state index in [0.717, 1.165) is 18.4 Å². The van der Waals surface area contributed by atoms with Gasteiger partial charge in [-0.15, -0.1) is 0 Å². The van der Waals surface area contributed by atoms with Crippen LogP contribution in [0, 0.1) is 17.7 Å². The Morgan fingerprint density at radius 2 is 1.90 bits per heavy atom. The SMILES string of the molecule is COc1ccnc(C(=O)NC2COCC(OCC3CC3)C(Cc3ccc(F)cc3)C(C)OC2=O)c1OC(C)=O. The number of ether oxygens (including phenoxy) is 5. The lowest BCUT2D eigenvalue weighted by atomic mass is 9.89. The van der Waals surface area contributed by atoms with Crippen molar-refractivity contribution in [3.05, 3.63) is 53.6 Å². The van der Waals surface area contributed by atoms with Crippen LogP contribution in [-0.4, -0.2) is 68.0 Å². The summed E-state index contributed by atoms with van der Waals surface area (Å²) in [6.45, 7) is 3.53. The molecule has 1 aliphatic carbocycles. The fraction of sp³-hybridized carbons (Fsp3) is 0.500. The number of halogens is 1. The maximum atomic E-state index is 13.5. The summed E-state index contributed by atoms with van der Waals surface area (Å²) in [7, 11) is 1.36. The van der Waals surface area contributed by atoms with Crippen molar-refractivity contribution in [2.45, 2.75) is 51.4 Å². The van der Waals surface area contributed by atoms with Gasteiger partial charge in [0.1, 0.15) is 11.9 Å². The summed E-state index contributed by atoms with van der Waals surface area (Å²) in [6, 6.07) is 6.45. The number of amides is 1. The molecule has 2 aromatic rings. The molecule has 0 bridgehead atoms. The Morgan fingerprint density at radius 3 is 2.56 bits per heavy atom. The summed E-state index contributed by atoms with van der Waals surface area (Å²) in [5, 5.41) is 2.58. The summed E-state index contributed by atoms with van der Waals surface area (Å²) >= 11 is 0. The van der Waals surface area contributed by atoms with Gasteiger partial charge in [0.2, 0.25) is 5.75 Å². The number of cyclic esters (lactones) is 1. The van der Waals surface area contributed by atoms with E-state index < -0.39 is 30.0 Å². The van der Waals surface area contributed by atoms with Crippen LogP contribution in [-0.2, 0) is 30.2 Å². The van der Waals surface area contributed by atoms with E-state index in [1.54, 1.807) is 19.1 Å². The monoisotopic (exact) mass is 544 g/mol. The van der Waals surface area contributed by atoms with Crippen LogP contribution in [0.4, 0.5) is 4.39 Å². The number of methoxy groups -OCH3 is 1. The van der Waals surface area contributed by atoms with E-state index in [0.29, 0.717) is 18.9 Å². The third-order valence-electron chi connectivity index (χ3n) is 6.72. The first-order valence-electron chi connectivity index (χ1n) is 12.9. The van der Waals surface area contributed by atoms with Gasteiger partial charge in [-0.1, -0.05) is 12.1 Å². The molecule has 39 heavy (non-hydrogen) atoms. The summed E-state index contributed by atoms with van der Waals surface area (Å²) in [5.74, 6) is -2.27. The number of nitrogens with one attached hydrogen (secondary N) is 1. The van der Waals surface area contributed by atoms with Crippen molar-refractivity contribution >= 4 is 17.8 Å². The van der Waals surface area contributed by atoms with E-state index in [4.69, 9.17) is 23.7 Å². The minimum absolute atomic E-state index is 0.131. The average Bonchev–Trinajstić information content (AvgIpc) is 3.73. The van der Waals surface area contributed by atoms with Gasteiger partial charge in [0.15, 0.2) is 17.5 Å². The number of aromatic nitrogens is 1. The molecule has 4 unspecified atom stereocenters. The summed E-state index contributed by atoms with van der Waals surface area (Å²) in [4.78, 5) is 41.9. The van der Waals surface area contributed by atoms with Gasteiger partial charge in [0.25, 0.3) is 5.91 Å². The number of hydrogen-bond acceptors (Lipinski definition) is 9. The Kier molecular flexibility index (Phi) is 9.47. The molecule has 11 heteroatoms. The van der Waals surface area contributed by atoms with Crippen LogP contribution in [0.25, 0.3) is 0 Å². The van der Waals surface area contributed by atoms with E-state index in [1.807, 2.05) is 0 Å². The quantitative estimate of drug-likeness (QED) is 0.475. The fourth-order valence-corrected chi connectivity index (χ4v) is 4.38. The molecule has 0 radical (unpaired) electrons. The molecule has 210 valence electrons. The molecule has 2 fully saturated rings. The van der Waals surface area contributed by atoms with Crippen molar-refractivity contribution in [1.29, 1.82) is 0 Å². The van der Waals surface area contributed by atoms with E-state index in [1.165, 1.54) is 38.4 Å².